The lowest BCUT2D eigenvalue weighted by molar-refractivity contribution is -0.146. The number of esters is 1. The van der Waals surface area contributed by atoms with Gasteiger partial charge in [-0.15, -0.1) is 0 Å². The summed E-state index contributed by atoms with van der Waals surface area (Å²) in [7, 11) is 1.60. The van der Waals surface area contributed by atoms with Crippen molar-refractivity contribution in [3.05, 3.63) is 35.9 Å². The lowest BCUT2D eigenvalue weighted by Gasteiger charge is -2.22. The molecule has 2 atom stereocenters. The van der Waals surface area contributed by atoms with Gasteiger partial charge in [-0.3, -0.25) is 10.1 Å². The zero-order valence-electron chi connectivity index (χ0n) is 11.5. The van der Waals surface area contributed by atoms with E-state index < -0.39 is 12.2 Å². The minimum absolute atomic E-state index is 0.300. The van der Waals surface area contributed by atoms with Gasteiger partial charge in [0.05, 0.1) is 12.8 Å². The third-order valence-corrected chi connectivity index (χ3v) is 2.72. The summed E-state index contributed by atoms with van der Waals surface area (Å²) in [4.78, 5) is 11.8. The zero-order chi connectivity index (χ0) is 14.1. The smallest absolute Gasteiger partial charge is 0.323 e. The van der Waals surface area contributed by atoms with Gasteiger partial charge in [0.2, 0.25) is 0 Å². The Hall–Kier alpha value is -1.43. The Labute approximate surface area is 114 Å². The fourth-order valence-electron chi connectivity index (χ4n) is 1.72. The first-order valence-corrected chi connectivity index (χ1v) is 6.41. The third kappa shape index (κ3) is 5.38. The lowest BCUT2D eigenvalue weighted by Crippen LogP contribution is -2.44. The molecule has 1 aromatic carbocycles. The number of hydrogen-bond acceptors (Lipinski definition) is 5. The Kier molecular flexibility index (Phi) is 7.10. The molecule has 0 aromatic heterocycles. The van der Waals surface area contributed by atoms with E-state index in [0.717, 1.165) is 5.56 Å². The van der Waals surface area contributed by atoms with Crippen LogP contribution in [0.15, 0.2) is 30.3 Å². The van der Waals surface area contributed by atoms with Gasteiger partial charge in [0, 0.05) is 13.7 Å². The van der Waals surface area contributed by atoms with E-state index in [2.05, 4.69) is 5.32 Å². The molecule has 0 saturated carbocycles. The monoisotopic (exact) mass is 266 g/mol. The highest BCUT2D eigenvalue weighted by Crippen LogP contribution is 2.09. The number of ether oxygens (including phenoxy) is 2. The summed E-state index contributed by atoms with van der Waals surface area (Å²) in [6, 6.07) is 9.10. The Morgan fingerprint density at radius 1 is 1.37 bits per heavy atom. The second-order valence-corrected chi connectivity index (χ2v) is 4.14. The standard InChI is InChI=1S/C14H22N2O3/c1-3-19-14(17)12(9-10-18-2)16-13(15)11-7-5-4-6-8-11/h4-8,12-13,16H,3,9-10,15H2,1-2H3. The van der Waals surface area contributed by atoms with Crippen LogP contribution in [0.4, 0.5) is 0 Å². The van der Waals surface area contributed by atoms with Crippen molar-refractivity contribution in [1.82, 2.24) is 5.32 Å². The molecule has 0 aliphatic carbocycles. The van der Waals surface area contributed by atoms with Gasteiger partial charge in [0.15, 0.2) is 0 Å². The fraction of sp³-hybridized carbons (Fsp3) is 0.500. The average Bonchev–Trinajstić information content (AvgIpc) is 2.44. The number of nitrogens with two attached hydrogens (primary N) is 1. The van der Waals surface area contributed by atoms with Crippen molar-refractivity contribution in [2.24, 2.45) is 5.73 Å². The molecular weight excluding hydrogens is 244 g/mol. The number of benzene rings is 1. The summed E-state index contributed by atoms with van der Waals surface area (Å²) in [6.07, 6.45) is 0.114. The van der Waals surface area contributed by atoms with Crippen LogP contribution in [0, 0.1) is 0 Å². The first-order chi connectivity index (χ1) is 9.19. The molecule has 0 spiro atoms. The van der Waals surface area contributed by atoms with Gasteiger partial charge in [-0.25, -0.2) is 0 Å². The second-order valence-electron chi connectivity index (χ2n) is 4.14. The molecule has 0 radical (unpaired) electrons. The Morgan fingerprint density at radius 2 is 2.05 bits per heavy atom. The molecule has 1 aromatic rings. The average molecular weight is 266 g/mol. The van der Waals surface area contributed by atoms with E-state index in [1.54, 1.807) is 14.0 Å². The summed E-state index contributed by atoms with van der Waals surface area (Å²) >= 11 is 0. The fourth-order valence-corrected chi connectivity index (χ4v) is 1.72. The Bertz CT molecular complexity index is 370. The molecule has 3 N–H and O–H groups in total. The molecule has 0 heterocycles. The van der Waals surface area contributed by atoms with Crippen LogP contribution in [0.25, 0.3) is 0 Å². The van der Waals surface area contributed by atoms with Gasteiger partial charge in [-0.1, -0.05) is 30.3 Å². The predicted molar refractivity (Wildman–Crippen MR) is 73.4 cm³/mol. The van der Waals surface area contributed by atoms with Crippen molar-refractivity contribution in [3.63, 3.8) is 0 Å². The van der Waals surface area contributed by atoms with Crippen LogP contribution in [0.3, 0.4) is 0 Å². The van der Waals surface area contributed by atoms with E-state index in [4.69, 9.17) is 15.2 Å². The normalized spacial score (nSPS) is 13.8. The molecule has 5 nitrogen and oxygen atoms in total. The number of rotatable bonds is 8. The van der Waals surface area contributed by atoms with Crippen LogP contribution in [0.1, 0.15) is 25.1 Å². The quantitative estimate of drug-likeness (QED) is 0.546. The molecule has 19 heavy (non-hydrogen) atoms. The number of nitrogens with one attached hydrogen (secondary N) is 1. The van der Waals surface area contributed by atoms with E-state index >= 15 is 0 Å². The Morgan fingerprint density at radius 3 is 2.63 bits per heavy atom. The molecule has 0 bridgehead atoms. The summed E-state index contributed by atoms with van der Waals surface area (Å²) in [5, 5.41) is 3.08. The van der Waals surface area contributed by atoms with Crippen LogP contribution in [-0.2, 0) is 14.3 Å². The summed E-state index contributed by atoms with van der Waals surface area (Å²) in [5.74, 6) is -0.300. The van der Waals surface area contributed by atoms with Crippen molar-refractivity contribution in [3.8, 4) is 0 Å². The van der Waals surface area contributed by atoms with Gasteiger partial charge in [0.1, 0.15) is 6.04 Å². The van der Waals surface area contributed by atoms with E-state index in [1.807, 2.05) is 30.3 Å². The molecule has 5 heteroatoms. The molecule has 0 amide bonds. The third-order valence-electron chi connectivity index (χ3n) is 2.72. The van der Waals surface area contributed by atoms with E-state index in [-0.39, 0.29) is 5.97 Å². The van der Waals surface area contributed by atoms with Crippen LogP contribution in [-0.4, -0.2) is 32.3 Å². The first kappa shape index (κ1) is 15.6. The van der Waals surface area contributed by atoms with Gasteiger partial charge in [-0.2, -0.15) is 0 Å². The van der Waals surface area contributed by atoms with Crippen molar-refractivity contribution in [2.45, 2.75) is 25.6 Å². The topological polar surface area (TPSA) is 73.6 Å². The van der Waals surface area contributed by atoms with Crippen molar-refractivity contribution >= 4 is 5.97 Å². The minimum atomic E-state index is -0.463. The molecule has 0 aliphatic heterocycles. The van der Waals surface area contributed by atoms with Gasteiger partial charge >= 0.3 is 5.97 Å². The van der Waals surface area contributed by atoms with Gasteiger partial charge in [-0.05, 0) is 18.9 Å². The SMILES string of the molecule is CCOC(=O)C(CCOC)NC(N)c1ccccc1. The number of hydrogen-bond donors (Lipinski definition) is 2. The number of carbonyl (C=O) groups excluding carboxylic acids is 1. The molecular formula is C14H22N2O3. The maximum absolute atomic E-state index is 11.8. The van der Waals surface area contributed by atoms with Crippen molar-refractivity contribution in [2.75, 3.05) is 20.3 Å². The lowest BCUT2D eigenvalue weighted by atomic mass is 10.1. The van der Waals surface area contributed by atoms with Crippen LogP contribution in [0.5, 0.6) is 0 Å². The summed E-state index contributed by atoms with van der Waals surface area (Å²) in [6.45, 7) is 2.60. The van der Waals surface area contributed by atoms with Gasteiger partial charge < -0.3 is 15.2 Å². The maximum Gasteiger partial charge on any atom is 0.323 e. The molecule has 0 saturated heterocycles. The van der Waals surface area contributed by atoms with Crippen LogP contribution in [0.2, 0.25) is 0 Å². The minimum Gasteiger partial charge on any atom is -0.465 e. The van der Waals surface area contributed by atoms with E-state index in [9.17, 15) is 4.79 Å². The van der Waals surface area contributed by atoms with Crippen LogP contribution < -0.4 is 11.1 Å². The van der Waals surface area contributed by atoms with Gasteiger partial charge in [0.25, 0.3) is 0 Å². The molecule has 1 rings (SSSR count). The highest BCUT2D eigenvalue weighted by molar-refractivity contribution is 5.75. The van der Waals surface area contributed by atoms with E-state index in [0.29, 0.717) is 19.6 Å². The first-order valence-electron chi connectivity index (χ1n) is 6.41. The van der Waals surface area contributed by atoms with E-state index in [1.165, 1.54) is 0 Å². The molecule has 0 aliphatic rings. The molecule has 0 fully saturated rings. The second kappa shape index (κ2) is 8.63. The van der Waals surface area contributed by atoms with Crippen LogP contribution >= 0.6 is 0 Å². The van der Waals surface area contributed by atoms with Crippen molar-refractivity contribution < 1.29 is 14.3 Å². The Balaban J connectivity index is 2.63. The number of methoxy groups -OCH3 is 1. The summed E-state index contributed by atoms with van der Waals surface area (Å²) in [5.41, 5.74) is 6.97. The van der Waals surface area contributed by atoms with Crippen molar-refractivity contribution in [1.29, 1.82) is 0 Å². The molecule has 2 unspecified atom stereocenters. The maximum atomic E-state index is 11.8. The zero-order valence-corrected chi connectivity index (χ0v) is 11.5. The highest BCUT2D eigenvalue weighted by Gasteiger charge is 2.22. The summed E-state index contributed by atoms with van der Waals surface area (Å²) < 4.78 is 10.0. The predicted octanol–water partition coefficient (Wildman–Crippen LogP) is 1.20. The highest BCUT2D eigenvalue weighted by atomic mass is 16.5. The largest absolute Gasteiger partial charge is 0.465 e. The molecule has 106 valence electrons. The number of carbonyl (C=O) groups is 1.